The van der Waals surface area contributed by atoms with Crippen molar-refractivity contribution in [3.63, 3.8) is 0 Å². The molecular weight excluding hydrogens is 422 g/mol. The average Bonchev–Trinajstić information content (AvgIpc) is 2.67. The van der Waals surface area contributed by atoms with Gasteiger partial charge in [0, 0.05) is 19.3 Å². The van der Waals surface area contributed by atoms with Gasteiger partial charge < -0.3 is 20.9 Å². The zero-order chi connectivity index (χ0) is 22.7. The highest BCUT2D eigenvalue weighted by Crippen LogP contribution is 2.15. The molecule has 0 aliphatic heterocycles. The summed E-state index contributed by atoms with van der Waals surface area (Å²) in [6, 6.07) is 0. The molecule has 0 rings (SSSR count). The second-order valence-electron chi connectivity index (χ2n) is 8.39. The van der Waals surface area contributed by atoms with E-state index in [9.17, 15) is 28.0 Å². The van der Waals surface area contributed by atoms with Crippen molar-refractivity contribution >= 4 is 16.2 Å². The molecule has 0 heterocycles. The van der Waals surface area contributed by atoms with Crippen LogP contribution in [0.5, 0.6) is 0 Å². The lowest BCUT2D eigenvalue weighted by Gasteiger charge is -2.21. The molecule has 188 valence electrons. The number of hydrogen-bond acceptors (Lipinski definition) is 7. The molecule has 0 aromatic heterocycles. The van der Waals surface area contributed by atoms with E-state index >= 15 is 0 Å². The van der Waals surface area contributed by atoms with E-state index in [-0.39, 0.29) is 24.8 Å². The minimum atomic E-state index is -4.99. The monoisotopic (exact) mass is 469 g/mol. The highest BCUT2D eigenvalue weighted by Gasteiger charge is 2.25. The fourth-order valence-electron chi connectivity index (χ4n) is 3.40. The van der Waals surface area contributed by atoms with Crippen LogP contribution in [0.2, 0.25) is 0 Å². The fourth-order valence-corrected chi connectivity index (χ4v) is 3.73. The Balaban J connectivity index is 0. The number of hydrogen-bond donors (Lipinski definition) is 3. The Morgan fingerprint density at radius 3 is 1.55 bits per heavy atom. The second kappa shape index (κ2) is 20.1. The van der Waals surface area contributed by atoms with Crippen molar-refractivity contribution in [2.75, 3.05) is 6.61 Å². The minimum absolute atomic E-state index is 0. The molecule has 0 fully saturated rings. The Kier molecular flexibility index (Phi) is 21.1. The number of rotatable bonds is 22. The first kappa shape index (κ1) is 32.6. The number of unbranched alkanes of at least 4 members (excludes halogenated alkanes) is 14. The molecular formula is C22H47NO7S. The predicted molar refractivity (Wildman–Crippen MR) is 123 cm³/mol. The molecule has 0 radical (unpaired) electrons. The summed E-state index contributed by atoms with van der Waals surface area (Å²) in [5.74, 6) is -2.61. The maximum Gasteiger partial charge on any atom is 0.217 e. The van der Waals surface area contributed by atoms with Gasteiger partial charge in [0.2, 0.25) is 10.4 Å². The first-order valence-electron chi connectivity index (χ1n) is 11.7. The van der Waals surface area contributed by atoms with Gasteiger partial charge in [0.25, 0.3) is 0 Å². The van der Waals surface area contributed by atoms with Gasteiger partial charge in [-0.05, 0) is 6.42 Å². The predicted octanol–water partition coefficient (Wildman–Crippen LogP) is 5.13. The van der Waals surface area contributed by atoms with E-state index in [2.05, 4.69) is 11.1 Å². The summed E-state index contributed by atoms with van der Waals surface area (Å²) in [6.07, 6.45) is 18.7. The van der Waals surface area contributed by atoms with Gasteiger partial charge >= 0.3 is 0 Å². The van der Waals surface area contributed by atoms with Crippen LogP contribution < -0.4 is 6.15 Å². The number of Topliss-reactive ketones (excluding diaryl/α,β-unsaturated/α-hetero) is 1. The Labute approximate surface area is 189 Å². The van der Waals surface area contributed by atoms with Crippen molar-refractivity contribution in [3.05, 3.63) is 0 Å². The quantitative estimate of drug-likeness (QED) is 0.0856. The third-order valence-corrected chi connectivity index (χ3v) is 5.70. The van der Waals surface area contributed by atoms with E-state index in [0.717, 1.165) is 19.3 Å². The van der Waals surface area contributed by atoms with Gasteiger partial charge in [-0.25, -0.2) is 8.42 Å². The highest BCUT2D eigenvalue weighted by molar-refractivity contribution is 7.80. The summed E-state index contributed by atoms with van der Waals surface area (Å²) in [6.45, 7) is 1.18. The number of quaternary nitrogens is 1. The Hall–Kier alpha value is -0.580. The van der Waals surface area contributed by atoms with Crippen molar-refractivity contribution < 1.29 is 32.2 Å². The molecule has 0 saturated heterocycles. The molecule has 0 aliphatic carbocycles. The van der Waals surface area contributed by atoms with E-state index in [1.807, 2.05) is 0 Å². The van der Waals surface area contributed by atoms with Gasteiger partial charge in [0.1, 0.15) is 12.4 Å². The SMILES string of the molecule is CCCCCCCCCCCCCCCCCC(=O)CCC(O)(O)COS(=O)(=O)[O-].[NH4+]. The lowest BCUT2D eigenvalue weighted by Crippen LogP contribution is -2.35. The summed E-state index contributed by atoms with van der Waals surface area (Å²) in [7, 11) is -4.99. The van der Waals surface area contributed by atoms with Crippen molar-refractivity contribution in [2.24, 2.45) is 0 Å². The molecule has 6 N–H and O–H groups in total. The van der Waals surface area contributed by atoms with Gasteiger partial charge in [0.05, 0.1) is 0 Å². The maximum absolute atomic E-state index is 11.8. The van der Waals surface area contributed by atoms with Gasteiger partial charge in [0.15, 0.2) is 5.79 Å². The molecule has 0 atom stereocenters. The molecule has 8 nitrogen and oxygen atoms in total. The highest BCUT2D eigenvalue weighted by atomic mass is 32.3. The average molecular weight is 470 g/mol. The minimum Gasteiger partial charge on any atom is -0.726 e. The molecule has 0 bridgehead atoms. The van der Waals surface area contributed by atoms with Crippen molar-refractivity contribution in [1.82, 2.24) is 6.15 Å². The standard InChI is InChI=1S/C22H44O7S.H3N/c1-2-3-4-5-6-7-8-9-10-11-12-13-14-15-16-17-21(23)18-19-22(24,25)20-29-30(26,27)28;/h24-25H,2-20H2,1H3,(H,26,27,28);1H3. The zero-order valence-electron chi connectivity index (χ0n) is 19.8. The van der Waals surface area contributed by atoms with Gasteiger partial charge in [-0.1, -0.05) is 96.8 Å². The van der Waals surface area contributed by atoms with Gasteiger partial charge in [-0.3, -0.25) is 8.98 Å². The summed E-state index contributed by atoms with van der Waals surface area (Å²) in [5.41, 5.74) is 0. The van der Waals surface area contributed by atoms with Gasteiger partial charge in [-0.15, -0.1) is 0 Å². The Bertz CT molecular complexity index is 524. The third-order valence-electron chi connectivity index (χ3n) is 5.30. The van der Waals surface area contributed by atoms with E-state index in [1.165, 1.54) is 77.0 Å². The van der Waals surface area contributed by atoms with Crippen molar-refractivity contribution in [3.8, 4) is 0 Å². The summed E-state index contributed by atoms with van der Waals surface area (Å²) in [5, 5.41) is 19.0. The molecule has 0 amide bonds. The van der Waals surface area contributed by atoms with E-state index in [4.69, 9.17) is 0 Å². The van der Waals surface area contributed by atoms with Crippen LogP contribution in [0.1, 0.15) is 122 Å². The lowest BCUT2D eigenvalue weighted by molar-refractivity contribution is -0.187. The summed E-state index contributed by atoms with van der Waals surface area (Å²) >= 11 is 0. The molecule has 31 heavy (non-hydrogen) atoms. The van der Waals surface area contributed by atoms with Crippen LogP contribution in [0.25, 0.3) is 0 Å². The molecule has 0 aromatic rings. The van der Waals surface area contributed by atoms with E-state index < -0.39 is 22.8 Å². The van der Waals surface area contributed by atoms with Crippen LogP contribution in [0.3, 0.4) is 0 Å². The van der Waals surface area contributed by atoms with Crippen LogP contribution in [0, 0.1) is 0 Å². The molecule has 0 saturated carbocycles. The smallest absolute Gasteiger partial charge is 0.217 e. The number of carbonyl (C=O) groups is 1. The lowest BCUT2D eigenvalue weighted by atomic mass is 10.0. The van der Waals surface area contributed by atoms with Crippen LogP contribution in [-0.2, 0) is 19.4 Å². The maximum atomic E-state index is 11.8. The zero-order valence-corrected chi connectivity index (χ0v) is 20.6. The normalized spacial score (nSPS) is 12.0. The van der Waals surface area contributed by atoms with Crippen LogP contribution in [-0.4, -0.2) is 41.4 Å². The largest absolute Gasteiger partial charge is 0.726 e. The molecule has 0 aromatic carbocycles. The molecule has 0 aliphatic rings. The molecule has 0 unspecified atom stereocenters. The number of aliphatic hydroxyl groups is 2. The van der Waals surface area contributed by atoms with E-state index in [1.54, 1.807) is 0 Å². The fraction of sp³-hybridized carbons (Fsp3) is 0.955. The topological polar surface area (TPSA) is 160 Å². The Morgan fingerprint density at radius 1 is 0.774 bits per heavy atom. The first-order chi connectivity index (χ1) is 14.2. The number of ketones is 1. The first-order valence-corrected chi connectivity index (χ1v) is 13.1. The summed E-state index contributed by atoms with van der Waals surface area (Å²) < 4.78 is 34.8. The number of carbonyl (C=O) groups excluding carboxylic acids is 1. The third kappa shape index (κ3) is 25.6. The Morgan fingerprint density at radius 2 is 1.16 bits per heavy atom. The van der Waals surface area contributed by atoms with Crippen LogP contribution in [0.4, 0.5) is 0 Å². The van der Waals surface area contributed by atoms with Crippen molar-refractivity contribution in [2.45, 2.75) is 128 Å². The molecule has 9 heteroatoms. The second-order valence-corrected chi connectivity index (χ2v) is 9.44. The van der Waals surface area contributed by atoms with Crippen molar-refractivity contribution in [1.29, 1.82) is 0 Å². The summed E-state index contributed by atoms with van der Waals surface area (Å²) in [4.78, 5) is 11.8. The van der Waals surface area contributed by atoms with E-state index in [0.29, 0.717) is 6.42 Å². The molecule has 0 spiro atoms. The van der Waals surface area contributed by atoms with Gasteiger partial charge in [-0.2, -0.15) is 0 Å². The van der Waals surface area contributed by atoms with Crippen LogP contribution in [0.15, 0.2) is 0 Å². The van der Waals surface area contributed by atoms with Crippen LogP contribution >= 0.6 is 0 Å².